The Morgan fingerprint density at radius 1 is 1.09 bits per heavy atom. The van der Waals surface area contributed by atoms with Crippen molar-refractivity contribution in [3.05, 3.63) is 76.6 Å². The van der Waals surface area contributed by atoms with Crippen molar-refractivity contribution in [2.24, 2.45) is 0 Å². The van der Waals surface area contributed by atoms with Crippen LogP contribution in [0.25, 0.3) is 0 Å². The van der Waals surface area contributed by atoms with Gasteiger partial charge in [0.25, 0.3) is 0 Å². The van der Waals surface area contributed by atoms with Crippen LogP contribution in [0.1, 0.15) is 44.6 Å². The largest absolute Gasteiger partial charge is 0.504 e. The average molecular weight is 464 g/mol. The minimum absolute atomic E-state index is 0.00611. The monoisotopic (exact) mass is 463 g/mol. The molecule has 1 aliphatic heterocycles. The molecule has 178 valence electrons. The second-order valence-corrected chi connectivity index (χ2v) is 8.22. The molecule has 1 aliphatic carbocycles. The van der Waals surface area contributed by atoms with E-state index >= 15 is 0 Å². The Morgan fingerprint density at radius 2 is 1.88 bits per heavy atom. The highest BCUT2D eigenvalue weighted by Gasteiger charge is 2.39. The van der Waals surface area contributed by atoms with Gasteiger partial charge in [0.1, 0.15) is 19.0 Å². The molecule has 7 nitrogen and oxygen atoms in total. The van der Waals surface area contributed by atoms with Crippen molar-refractivity contribution in [3.63, 3.8) is 0 Å². The van der Waals surface area contributed by atoms with Crippen molar-refractivity contribution in [1.82, 2.24) is 5.32 Å². The molecular formula is C27H29NO6. The first-order valence-electron chi connectivity index (χ1n) is 11.5. The topological polar surface area (TPSA) is 94.1 Å². The molecule has 7 heteroatoms. The first-order chi connectivity index (χ1) is 16.5. The van der Waals surface area contributed by atoms with Crippen molar-refractivity contribution < 1.29 is 28.9 Å². The number of rotatable bonds is 8. The third-order valence-electron chi connectivity index (χ3n) is 5.94. The number of ketones is 1. The summed E-state index contributed by atoms with van der Waals surface area (Å²) in [4.78, 5) is 26.3. The first-order valence-corrected chi connectivity index (χ1v) is 11.5. The number of dihydropyridines is 1. The summed E-state index contributed by atoms with van der Waals surface area (Å²) in [6.45, 7) is 4.29. The zero-order chi connectivity index (χ0) is 24.1. The molecule has 0 saturated heterocycles. The van der Waals surface area contributed by atoms with E-state index in [9.17, 15) is 14.7 Å². The Bertz CT molecular complexity index is 1140. The molecule has 34 heavy (non-hydrogen) atoms. The average Bonchev–Trinajstić information content (AvgIpc) is 2.83. The quantitative estimate of drug-likeness (QED) is 0.443. The fourth-order valence-electron chi connectivity index (χ4n) is 4.46. The maximum absolute atomic E-state index is 13.3. The smallest absolute Gasteiger partial charge is 0.336 e. The number of phenolic OH excluding ortho intramolecular Hbond substituents is 1. The predicted molar refractivity (Wildman–Crippen MR) is 127 cm³/mol. The summed E-state index contributed by atoms with van der Waals surface area (Å²) in [7, 11) is 0. The SMILES string of the molecule is CCOc1cc([C@H]2C(C(=O)OCCOc3ccccc3)=C(C)NC3=C2C(=O)CCC3)ccc1O. The maximum atomic E-state index is 13.3. The van der Waals surface area contributed by atoms with Crippen LogP contribution in [0, 0.1) is 0 Å². The minimum atomic E-state index is -0.605. The van der Waals surface area contributed by atoms with Crippen LogP contribution in [0.2, 0.25) is 0 Å². The summed E-state index contributed by atoms with van der Waals surface area (Å²) in [5, 5.41) is 13.5. The first kappa shape index (κ1) is 23.4. The standard InChI is InChI=1S/C27H29NO6/c1-3-32-23-16-18(12-13-21(23)29)25-24(17(2)28-20-10-7-11-22(30)26(20)25)27(31)34-15-14-33-19-8-5-4-6-9-19/h4-6,8-9,12-13,16,25,28-29H,3,7,10-11,14-15H2,1-2H3/t25-/m0/s1. The van der Waals surface area contributed by atoms with Crippen LogP contribution < -0.4 is 14.8 Å². The van der Waals surface area contributed by atoms with Crippen LogP contribution in [0.15, 0.2) is 71.1 Å². The second-order valence-electron chi connectivity index (χ2n) is 8.22. The van der Waals surface area contributed by atoms with E-state index in [2.05, 4.69) is 5.32 Å². The van der Waals surface area contributed by atoms with Gasteiger partial charge in [0.05, 0.1) is 12.2 Å². The Labute approximate surface area is 199 Å². The van der Waals surface area contributed by atoms with Crippen LogP contribution in [0.5, 0.6) is 17.2 Å². The van der Waals surface area contributed by atoms with Crippen molar-refractivity contribution in [2.45, 2.75) is 39.0 Å². The van der Waals surface area contributed by atoms with E-state index in [1.807, 2.05) is 44.2 Å². The van der Waals surface area contributed by atoms with E-state index in [-0.39, 0.29) is 24.7 Å². The van der Waals surface area contributed by atoms with Gasteiger partial charge in [-0.25, -0.2) is 4.79 Å². The van der Waals surface area contributed by atoms with Crippen LogP contribution in [0.3, 0.4) is 0 Å². The van der Waals surface area contributed by atoms with Gasteiger partial charge in [0, 0.05) is 29.3 Å². The van der Waals surface area contributed by atoms with Gasteiger partial charge >= 0.3 is 5.97 Å². The van der Waals surface area contributed by atoms with E-state index in [4.69, 9.17) is 14.2 Å². The maximum Gasteiger partial charge on any atom is 0.336 e. The number of aromatic hydroxyl groups is 1. The molecule has 1 heterocycles. The molecule has 0 spiro atoms. The number of carbonyl (C=O) groups excluding carboxylic acids is 2. The number of phenols is 1. The summed E-state index contributed by atoms with van der Waals surface area (Å²) >= 11 is 0. The van der Waals surface area contributed by atoms with E-state index in [1.54, 1.807) is 12.1 Å². The van der Waals surface area contributed by atoms with Gasteiger partial charge in [-0.1, -0.05) is 24.3 Å². The van der Waals surface area contributed by atoms with Gasteiger partial charge in [-0.15, -0.1) is 0 Å². The van der Waals surface area contributed by atoms with Gasteiger partial charge in [-0.05, 0) is 56.5 Å². The Balaban J connectivity index is 1.61. The summed E-state index contributed by atoms with van der Waals surface area (Å²) in [6.07, 6.45) is 1.93. The predicted octanol–water partition coefficient (Wildman–Crippen LogP) is 4.38. The molecule has 2 aliphatic rings. The van der Waals surface area contributed by atoms with Gasteiger partial charge in [0.15, 0.2) is 17.3 Å². The highest BCUT2D eigenvalue weighted by molar-refractivity contribution is 6.03. The Morgan fingerprint density at radius 3 is 2.65 bits per heavy atom. The molecule has 1 atom stereocenters. The third kappa shape index (κ3) is 4.93. The summed E-state index contributed by atoms with van der Waals surface area (Å²) in [5.41, 5.74) is 3.14. The number of allylic oxidation sites excluding steroid dienone is 3. The number of benzene rings is 2. The Kier molecular flexibility index (Phi) is 7.21. The zero-order valence-corrected chi connectivity index (χ0v) is 19.4. The van der Waals surface area contributed by atoms with E-state index in [0.29, 0.717) is 46.9 Å². The lowest BCUT2D eigenvalue weighted by Crippen LogP contribution is -2.34. The van der Waals surface area contributed by atoms with Crippen LogP contribution >= 0.6 is 0 Å². The molecule has 0 fully saturated rings. The van der Waals surface area contributed by atoms with Crippen molar-refractivity contribution in [3.8, 4) is 17.2 Å². The lowest BCUT2D eigenvalue weighted by molar-refractivity contribution is -0.140. The number of hydrogen-bond acceptors (Lipinski definition) is 7. The van der Waals surface area contributed by atoms with Crippen molar-refractivity contribution in [1.29, 1.82) is 0 Å². The molecule has 2 aromatic rings. The van der Waals surface area contributed by atoms with Crippen molar-refractivity contribution in [2.75, 3.05) is 19.8 Å². The van der Waals surface area contributed by atoms with Gasteiger partial charge in [-0.2, -0.15) is 0 Å². The number of para-hydroxylation sites is 1. The fourth-order valence-corrected chi connectivity index (χ4v) is 4.46. The third-order valence-corrected chi connectivity index (χ3v) is 5.94. The number of ether oxygens (including phenoxy) is 3. The molecule has 2 N–H and O–H groups in total. The zero-order valence-electron chi connectivity index (χ0n) is 19.4. The van der Waals surface area contributed by atoms with Gasteiger partial charge < -0.3 is 24.6 Å². The second kappa shape index (κ2) is 10.5. The fraction of sp³-hybridized carbons (Fsp3) is 0.333. The van der Waals surface area contributed by atoms with Crippen LogP contribution in [-0.4, -0.2) is 36.7 Å². The number of nitrogens with one attached hydrogen (secondary N) is 1. The molecule has 0 aromatic heterocycles. The molecule has 0 bridgehead atoms. The molecular weight excluding hydrogens is 434 g/mol. The lowest BCUT2D eigenvalue weighted by atomic mass is 9.75. The highest BCUT2D eigenvalue weighted by atomic mass is 16.6. The molecule has 2 aromatic carbocycles. The van der Waals surface area contributed by atoms with Crippen LogP contribution in [0.4, 0.5) is 0 Å². The number of esters is 1. The summed E-state index contributed by atoms with van der Waals surface area (Å²) in [6, 6.07) is 14.2. The van der Waals surface area contributed by atoms with E-state index in [1.165, 1.54) is 6.07 Å². The van der Waals surface area contributed by atoms with Gasteiger partial charge in [-0.3, -0.25) is 4.79 Å². The Hall–Kier alpha value is -3.74. The van der Waals surface area contributed by atoms with Crippen molar-refractivity contribution >= 4 is 11.8 Å². The molecule has 0 radical (unpaired) electrons. The molecule has 4 rings (SSSR count). The van der Waals surface area contributed by atoms with E-state index in [0.717, 1.165) is 18.5 Å². The highest BCUT2D eigenvalue weighted by Crippen LogP contribution is 2.44. The van der Waals surface area contributed by atoms with E-state index < -0.39 is 11.9 Å². The molecule has 0 unspecified atom stereocenters. The molecule has 0 amide bonds. The number of Topliss-reactive ketones (excluding diaryl/α,β-unsaturated/α-hetero) is 1. The van der Waals surface area contributed by atoms with Crippen LogP contribution in [-0.2, 0) is 14.3 Å². The molecule has 0 saturated carbocycles. The lowest BCUT2D eigenvalue weighted by Gasteiger charge is -2.34. The minimum Gasteiger partial charge on any atom is -0.504 e. The normalized spacial score (nSPS) is 17.7. The number of hydrogen-bond donors (Lipinski definition) is 2. The summed E-state index contributed by atoms with van der Waals surface area (Å²) in [5.74, 6) is -0.0949. The summed E-state index contributed by atoms with van der Waals surface area (Å²) < 4.78 is 16.7. The van der Waals surface area contributed by atoms with Gasteiger partial charge in [0.2, 0.25) is 0 Å². The number of carbonyl (C=O) groups is 2.